The zero-order valence-corrected chi connectivity index (χ0v) is 11.7. The summed E-state index contributed by atoms with van der Waals surface area (Å²) in [6.45, 7) is 3.63. The number of benzene rings is 1. The third kappa shape index (κ3) is 4.35. The number of carbonyl (C=O) groups is 1. The van der Waals surface area contributed by atoms with Crippen LogP contribution in [-0.2, 0) is 22.5 Å². The number of carbonyl (C=O) groups excluding carboxylic acids is 1. The predicted molar refractivity (Wildman–Crippen MR) is 75.9 cm³/mol. The Labute approximate surface area is 115 Å². The second-order valence-electron chi connectivity index (χ2n) is 5.07. The Morgan fingerprint density at radius 1 is 1.37 bits per heavy atom. The fourth-order valence-corrected chi connectivity index (χ4v) is 2.52. The van der Waals surface area contributed by atoms with Gasteiger partial charge < -0.3 is 10.1 Å². The summed E-state index contributed by atoms with van der Waals surface area (Å²) >= 11 is 0. The number of ether oxygens (including phenoxy) is 1. The van der Waals surface area contributed by atoms with Crippen molar-refractivity contribution in [3.8, 4) is 0 Å². The van der Waals surface area contributed by atoms with E-state index in [1.54, 1.807) is 0 Å². The number of nitrogens with one attached hydrogen (secondary N) is 1. The van der Waals surface area contributed by atoms with Gasteiger partial charge in [-0.15, -0.1) is 0 Å². The second kappa shape index (κ2) is 7.29. The molecule has 1 amide bonds. The third-order valence-corrected chi connectivity index (χ3v) is 3.69. The molecule has 1 atom stereocenters. The molecule has 0 saturated carbocycles. The molecule has 3 heteroatoms. The van der Waals surface area contributed by atoms with Crippen molar-refractivity contribution in [3.05, 3.63) is 35.4 Å². The summed E-state index contributed by atoms with van der Waals surface area (Å²) in [6, 6.07) is 8.27. The van der Waals surface area contributed by atoms with Gasteiger partial charge >= 0.3 is 0 Å². The van der Waals surface area contributed by atoms with Crippen molar-refractivity contribution < 1.29 is 9.53 Å². The van der Waals surface area contributed by atoms with Crippen LogP contribution in [0.4, 0.5) is 0 Å². The fourth-order valence-electron chi connectivity index (χ4n) is 2.52. The summed E-state index contributed by atoms with van der Waals surface area (Å²) in [7, 11) is 0. The van der Waals surface area contributed by atoms with Crippen LogP contribution in [0.2, 0.25) is 0 Å². The molecule has 1 fully saturated rings. The van der Waals surface area contributed by atoms with E-state index in [4.69, 9.17) is 4.74 Å². The topological polar surface area (TPSA) is 38.3 Å². The summed E-state index contributed by atoms with van der Waals surface area (Å²) in [6.07, 6.45) is 4.96. The first-order chi connectivity index (χ1) is 9.29. The molecule has 19 heavy (non-hydrogen) atoms. The van der Waals surface area contributed by atoms with Gasteiger partial charge in [0, 0.05) is 19.6 Å². The summed E-state index contributed by atoms with van der Waals surface area (Å²) in [5, 5.41) is 3.00. The van der Waals surface area contributed by atoms with Crippen LogP contribution in [0.3, 0.4) is 0 Å². The van der Waals surface area contributed by atoms with Crippen LogP contribution < -0.4 is 5.32 Å². The van der Waals surface area contributed by atoms with Crippen LogP contribution in [0.15, 0.2) is 24.3 Å². The molecule has 0 bridgehead atoms. The molecule has 0 aromatic heterocycles. The zero-order valence-electron chi connectivity index (χ0n) is 11.7. The average molecular weight is 261 g/mol. The van der Waals surface area contributed by atoms with E-state index in [0.29, 0.717) is 19.1 Å². The fraction of sp³-hybridized carbons (Fsp3) is 0.562. The minimum Gasteiger partial charge on any atom is -0.378 e. The predicted octanol–water partition coefficient (Wildman–Crippen LogP) is 2.82. The van der Waals surface area contributed by atoms with E-state index in [0.717, 1.165) is 32.3 Å². The van der Waals surface area contributed by atoms with Crippen molar-refractivity contribution in [2.45, 2.75) is 51.7 Å². The molecule has 1 aliphatic heterocycles. The van der Waals surface area contributed by atoms with E-state index in [-0.39, 0.29) is 5.91 Å². The van der Waals surface area contributed by atoms with Crippen molar-refractivity contribution in [3.63, 3.8) is 0 Å². The van der Waals surface area contributed by atoms with E-state index >= 15 is 0 Å². The number of hydrogen-bond acceptors (Lipinski definition) is 2. The maximum absolute atomic E-state index is 11.8. The molecule has 1 aromatic rings. The Balaban J connectivity index is 1.73. The molecule has 1 heterocycles. The van der Waals surface area contributed by atoms with Gasteiger partial charge in [-0.05, 0) is 36.8 Å². The second-order valence-corrected chi connectivity index (χ2v) is 5.07. The molecular weight excluding hydrogens is 238 g/mol. The van der Waals surface area contributed by atoms with Gasteiger partial charge in [-0.25, -0.2) is 0 Å². The van der Waals surface area contributed by atoms with Gasteiger partial charge in [0.25, 0.3) is 0 Å². The van der Waals surface area contributed by atoms with Gasteiger partial charge in [0.15, 0.2) is 0 Å². The van der Waals surface area contributed by atoms with E-state index in [1.807, 2.05) is 12.1 Å². The zero-order chi connectivity index (χ0) is 13.5. The molecule has 0 unspecified atom stereocenters. The maximum Gasteiger partial charge on any atom is 0.220 e. The summed E-state index contributed by atoms with van der Waals surface area (Å²) in [5.41, 5.74) is 2.53. The Hall–Kier alpha value is -1.35. The van der Waals surface area contributed by atoms with E-state index in [2.05, 4.69) is 24.4 Å². The van der Waals surface area contributed by atoms with Gasteiger partial charge in [0.1, 0.15) is 0 Å². The molecular formula is C16H23NO2. The average Bonchev–Trinajstić information content (AvgIpc) is 2.96. The molecule has 0 radical (unpaired) electrons. The molecule has 0 spiro atoms. The minimum atomic E-state index is 0.126. The summed E-state index contributed by atoms with van der Waals surface area (Å²) in [5.74, 6) is 0.126. The highest BCUT2D eigenvalue weighted by Crippen LogP contribution is 2.16. The van der Waals surface area contributed by atoms with Crippen LogP contribution >= 0.6 is 0 Å². The van der Waals surface area contributed by atoms with Crippen molar-refractivity contribution in [1.29, 1.82) is 0 Å². The lowest BCUT2D eigenvalue weighted by atomic mass is 10.1. The summed E-state index contributed by atoms with van der Waals surface area (Å²) < 4.78 is 5.52. The molecule has 1 N–H and O–H groups in total. The van der Waals surface area contributed by atoms with E-state index in [1.165, 1.54) is 11.1 Å². The largest absolute Gasteiger partial charge is 0.378 e. The quantitative estimate of drug-likeness (QED) is 0.855. The molecule has 3 nitrogen and oxygen atoms in total. The SMILES string of the molecule is CCc1ccccc1CNC(=O)CC[C@@H]1CCCO1. The highest BCUT2D eigenvalue weighted by Gasteiger charge is 2.16. The van der Waals surface area contributed by atoms with Crippen molar-refractivity contribution in [2.24, 2.45) is 0 Å². The Bertz CT molecular complexity index is 411. The first-order valence-corrected chi connectivity index (χ1v) is 7.24. The number of rotatable bonds is 6. The normalized spacial score (nSPS) is 18.5. The molecule has 2 rings (SSSR count). The van der Waals surface area contributed by atoms with Gasteiger partial charge in [-0.3, -0.25) is 4.79 Å². The lowest BCUT2D eigenvalue weighted by Gasteiger charge is -2.11. The van der Waals surface area contributed by atoms with Crippen molar-refractivity contribution in [1.82, 2.24) is 5.32 Å². The van der Waals surface area contributed by atoms with Crippen LogP contribution in [0.1, 0.15) is 43.7 Å². The maximum atomic E-state index is 11.8. The minimum absolute atomic E-state index is 0.126. The molecule has 0 aliphatic carbocycles. The molecule has 1 aliphatic rings. The number of amides is 1. The Morgan fingerprint density at radius 3 is 2.84 bits per heavy atom. The van der Waals surface area contributed by atoms with Crippen LogP contribution in [-0.4, -0.2) is 18.6 Å². The van der Waals surface area contributed by atoms with Crippen molar-refractivity contribution >= 4 is 5.91 Å². The van der Waals surface area contributed by atoms with Gasteiger partial charge in [-0.1, -0.05) is 31.2 Å². The monoisotopic (exact) mass is 261 g/mol. The smallest absolute Gasteiger partial charge is 0.220 e. The highest BCUT2D eigenvalue weighted by atomic mass is 16.5. The van der Waals surface area contributed by atoms with Crippen LogP contribution in [0.25, 0.3) is 0 Å². The standard InChI is InChI=1S/C16H23NO2/c1-2-13-6-3-4-7-14(13)12-17-16(18)10-9-15-8-5-11-19-15/h3-4,6-7,15H,2,5,8-12H2,1H3,(H,17,18)/t15-/m0/s1. The van der Waals surface area contributed by atoms with Gasteiger partial charge in [0.05, 0.1) is 6.10 Å². The summed E-state index contributed by atoms with van der Waals surface area (Å²) in [4.78, 5) is 11.8. The first-order valence-electron chi connectivity index (χ1n) is 7.24. The van der Waals surface area contributed by atoms with Crippen molar-refractivity contribution in [2.75, 3.05) is 6.61 Å². The van der Waals surface area contributed by atoms with E-state index in [9.17, 15) is 4.79 Å². The Morgan fingerprint density at radius 2 is 2.16 bits per heavy atom. The highest BCUT2D eigenvalue weighted by molar-refractivity contribution is 5.75. The molecule has 104 valence electrons. The van der Waals surface area contributed by atoms with Crippen LogP contribution in [0.5, 0.6) is 0 Å². The third-order valence-electron chi connectivity index (χ3n) is 3.69. The first kappa shape index (κ1) is 14.1. The number of hydrogen-bond donors (Lipinski definition) is 1. The Kier molecular flexibility index (Phi) is 5.40. The van der Waals surface area contributed by atoms with Crippen LogP contribution in [0, 0.1) is 0 Å². The number of aryl methyl sites for hydroxylation is 1. The lowest BCUT2D eigenvalue weighted by molar-refractivity contribution is -0.121. The van der Waals surface area contributed by atoms with E-state index < -0.39 is 0 Å². The van der Waals surface area contributed by atoms with Gasteiger partial charge in [-0.2, -0.15) is 0 Å². The lowest BCUT2D eigenvalue weighted by Crippen LogP contribution is -2.24. The van der Waals surface area contributed by atoms with Gasteiger partial charge in [0.2, 0.25) is 5.91 Å². The molecule has 1 aromatic carbocycles. The molecule has 1 saturated heterocycles.